The van der Waals surface area contributed by atoms with Crippen LogP contribution in [0.4, 0.5) is 5.69 Å². The first kappa shape index (κ1) is 17.8. The molecule has 0 spiro atoms. The van der Waals surface area contributed by atoms with Crippen molar-refractivity contribution in [2.45, 2.75) is 4.90 Å². The maximum Gasteiger partial charge on any atom is 0.261 e. The smallest absolute Gasteiger partial charge is 0.261 e. The molecule has 3 rings (SSSR count). The Bertz CT molecular complexity index is 1050. The van der Waals surface area contributed by atoms with Gasteiger partial charge in [0.05, 0.1) is 17.6 Å². The van der Waals surface area contributed by atoms with Crippen LogP contribution in [0.2, 0.25) is 0 Å². The zero-order chi connectivity index (χ0) is 18.7. The fourth-order valence-electron chi connectivity index (χ4n) is 2.29. The molecule has 0 aliphatic rings. The Labute approximate surface area is 153 Å². The zero-order valence-electron chi connectivity index (χ0n) is 13.5. The summed E-state index contributed by atoms with van der Waals surface area (Å²) in [5, 5.41) is 5.72. The fraction of sp³-hybridized carbons (Fsp3) is 0.0625. The number of aromatic nitrogens is 2. The highest BCUT2D eigenvalue weighted by Gasteiger charge is 2.19. The first-order valence-electron chi connectivity index (χ1n) is 7.29. The van der Waals surface area contributed by atoms with Crippen molar-refractivity contribution in [3.05, 3.63) is 53.4 Å². The Morgan fingerprint density at radius 1 is 1.23 bits per heavy atom. The number of nitrogens with one attached hydrogen (secondary N) is 1. The minimum Gasteiger partial charge on any atom is -0.496 e. The molecule has 0 saturated carbocycles. The van der Waals surface area contributed by atoms with Gasteiger partial charge in [0.1, 0.15) is 11.4 Å². The van der Waals surface area contributed by atoms with Crippen LogP contribution in [0.25, 0.3) is 11.3 Å². The number of methoxy groups -OCH3 is 1. The van der Waals surface area contributed by atoms with Crippen LogP contribution >= 0.6 is 11.5 Å². The maximum absolute atomic E-state index is 12.6. The number of hydrogen-bond acceptors (Lipinski definition) is 7. The molecule has 3 N–H and O–H groups in total. The standard InChI is InChI=1S/C16H14N4O4S2/c1-24-15-6-5-12(8-13(15)16(17)21)26(22,23)19-11-4-2-3-10(7-11)14-9-25-20-18-14/h2-9,19H,1H3,(H2,17,21). The SMILES string of the molecule is COc1ccc(S(=O)(=O)Nc2cccc(-c3csnn3)c2)cc1C(N)=O. The average Bonchev–Trinajstić information content (AvgIpc) is 3.15. The number of sulfonamides is 1. The van der Waals surface area contributed by atoms with Gasteiger partial charge in [0.2, 0.25) is 0 Å². The summed E-state index contributed by atoms with van der Waals surface area (Å²) in [6.45, 7) is 0. The monoisotopic (exact) mass is 390 g/mol. The quantitative estimate of drug-likeness (QED) is 0.664. The summed E-state index contributed by atoms with van der Waals surface area (Å²) in [5.41, 5.74) is 7.00. The molecule has 134 valence electrons. The normalized spacial score (nSPS) is 11.1. The summed E-state index contributed by atoms with van der Waals surface area (Å²) in [7, 11) is -2.56. The molecule has 0 aliphatic heterocycles. The van der Waals surface area contributed by atoms with E-state index in [1.807, 2.05) is 0 Å². The van der Waals surface area contributed by atoms with Crippen molar-refractivity contribution >= 4 is 33.2 Å². The van der Waals surface area contributed by atoms with Gasteiger partial charge in [-0.05, 0) is 41.9 Å². The number of rotatable bonds is 6. The highest BCUT2D eigenvalue weighted by molar-refractivity contribution is 7.92. The van der Waals surface area contributed by atoms with Crippen LogP contribution in [0.3, 0.4) is 0 Å². The Morgan fingerprint density at radius 3 is 2.69 bits per heavy atom. The van der Waals surface area contributed by atoms with Crippen LogP contribution in [0, 0.1) is 0 Å². The van der Waals surface area contributed by atoms with E-state index in [2.05, 4.69) is 14.3 Å². The minimum absolute atomic E-state index is 0.0160. The summed E-state index contributed by atoms with van der Waals surface area (Å²) in [6, 6.07) is 10.7. The second-order valence-corrected chi connectivity index (χ2v) is 7.50. The van der Waals surface area contributed by atoms with Gasteiger partial charge in [0, 0.05) is 16.6 Å². The molecule has 0 bridgehead atoms. The molecule has 3 aromatic rings. The van der Waals surface area contributed by atoms with E-state index in [-0.39, 0.29) is 16.2 Å². The second-order valence-electron chi connectivity index (χ2n) is 5.20. The van der Waals surface area contributed by atoms with Crippen molar-refractivity contribution in [1.29, 1.82) is 0 Å². The van der Waals surface area contributed by atoms with Crippen LogP contribution in [-0.2, 0) is 10.0 Å². The van der Waals surface area contributed by atoms with Gasteiger partial charge in [0.25, 0.3) is 15.9 Å². The Morgan fingerprint density at radius 2 is 2.04 bits per heavy atom. The van der Waals surface area contributed by atoms with Crippen molar-refractivity contribution in [3.8, 4) is 17.0 Å². The lowest BCUT2D eigenvalue weighted by atomic mass is 10.1. The lowest BCUT2D eigenvalue weighted by Gasteiger charge is -2.11. The van der Waals surface area contributed by atoms with Crippen molar-refractivity contribution in [2.24, 2.45) is 5.73 Å². The predicted molar refractivity (Wildman–Crippen MR) is 97.7 cm³/mol. The molecule has 10 heteroatoms. The first-order valence-corrected chi connectivity index (χ1v) is 9.61. The Hall–Kier alpha value is -2.98. The molecular formula is C16H14N4O4S2. The molecule has 0 aliphatic carbocycles. The van der Waals surface area contributed by atoms with Crippen molar-refractivity contribution in [2.75, 3.05) is 11.8 Å². The number of carbonyl (C=O) groups is 1. The Balaban J connectivity index is 1.94. The summed E-state index contributed by atoms with van der Waals surface area (Å²) < 4.78 is 36.6. The number of benzene rings is 2. The Kier molecular flexibility index (Phi) is 4.87. The molecule has 0 atom stereocenters. The molecule has 26 heavy (non-hydrogen) atoms. The largest absolute Gasteiger partial charge is 0.496 e. The van der Waals surface area contributed by atoms with Gasteiger partial charge in [-0.15, -0.1) is 5.10 Å². The number of carbonyl (C=O) groups excluding carboxylic acids is 1. The van der Waals surface area contributed by atoms with Gasteiger partial charge in [-0.25, -0.2) is 8.42 Å². The number of primary amides is 1. The molecule has 0 radical (unpaired) electrons. The molecule has 0 saturated heterocycles. The molecule has 0 fully saturated rings. The van der Waals surface area contributed by atoms with Gasteiger partial charge in [0.15, 0.2) is 0 Å². The first-order chi connectivity index (χ1) is 12.4. The van der Waals surface area contributed by atoms with E-state index in [0.29, 0.717) is 11.4 Å². The second kappa shape index (κ2) is 7.10. The average molecular weight is 390 g/mol. The summed E-state index contributed by atoms with van der Waals surface area (Å²) in [6.07, 6.45) is 0. The molecule has 2 aromatic carbocycles. The molecule has 1 aromatic heterocycles. The molecule has 1 heterocycles. The van der Waals surface area contributed by atoms with E-state index in [1.165, 1.54) is 36.8 Å². The maximum atomic E-state index is 12.6. The summed E-state index contributed by atoms with van der Waals surface area (Å²) in [5.74, 6) is -0.577. The van der Waals surface area contributed by atoms with Crippen LogP contribution in [0.5, 0.6) is 5.75 Å². The van der Waals surface area contributed by atoms with E-state index in [0.717, 1.165) is 5.56 Å². The lowest BCUT2D eigenvalue weighted by Crippen LogP contribution is -2.16. The van der Waals surface area contributed by atoms with Gasteiger partial charge in [-0.1, -0.05) is 16.6 Å². The number of nitrogens with zero attached hydrogens (tertiary/aromatic N) is 2. The van der Waals surface area contributed by atoms with Gasteiger partial charge >= 0.3 is 0 Å². The molecular weight excluding hydrogens is 376 g/mol. The number of anilines is 1. The van der Waals surface area contributed by atoms with Crippen molar-refractivity contribution < 1.29 is 17.9 Å². The zero-order valence-corrected chi connectivity index (χ0v) is 15.2. The van der Waals surface area contributed by atoms with Crippen LogP contribution < -0.4 is 15.2 Å². The third kappa shape index (κ3) is 3.65. The van der Waals surface area contributed by atoms with Crippen LogP contribution in [0.1, 0.15) is 10.4 Å². The van der Waals surface area contributed by atoms with Crippen LogP contribution in [-0.4, -0.2) is 31.0 Å². The van der Waals surface area contributed by atoms with E-state index in [1.54, 1.807) is 29.6 Å². The van der Waals surface area contributed by atoms with Crippen LogP contribution in [0.15, 0.2) is 52.7 Å². The van der Waals surface area contributed by atoms with E-state index in [9.17, 15) is 13.2 Å². The number of nitrogens with two attached hydrogens (primary N) is 1. The number of amides is 1. The molecule has 1 amide bonds. The van der Waals surface area contributed by atoms with Gasteiger partial charge < -0.3 is 10.5 Å². The van der Waals surface area contributed by atoms with E-state index in [4.69, 9.17) is 10.5 Å². The van der Waals surface area contributed by atoms with Crippen molar-refractivity contribution in [1.82, 2.24) is 9.59 Å². The van der Waals surface area contributed by atoms with E-state index < -0.39 is 15.9 Å². The third-order valence-electron chi connectivity index (χ3n) is 3.52. The summed E-state index contributed by atoms with van der Waals surface area (Å²) in [4.78, 5) is 11.4. The van der Waals surface area contributed by atoms with Gasteiger partial charge in [-0.2, -0.15) is 0 Å². The highest BCUT2D eigenvalue weighted by Crippen LogP contribution is 2.26. The third-order valence-corrected chi connectivity index (χ3v) is 5.40. The lowest BCUT2D eigenvalue weighted by molar-refractivity contribution is 0.0997. The fourth-order valence-corrected chi connectivity index (χ4v) is 3.83. The van der Waals surface area contributed by atoms with Gasteiger partial charge in [-0.3, -0.25) is 9.52 Å². The number of ether oxygens (including phenoxy) is 1. The molecule has 8 nitrogen and oxygen atoms in total. The number of hydrogen-bond donors (Lipinski definition) is 2. The van der Waals surface area contributed by atoms with E-state index >= 15 is 0 Å². The van der Waals surface area contributed by atoms with Crippen molar-refractivity contribution in [3.63, 3.8) is 0 Å². The topological polar surface area (TPSA) is 124 Å². The minimum atomic E-state index is -3.93. The predicted octanol–water partition coefficient (Wildman–Crippen LogP) is 2.11. The molecule has 0 unspecified atom stereocenters. The summed E-state index contributed by atoms with van der Waals surface area (Å²) >= 11 is 1.20. The highest BCUT2D eigenvalue weighted by atomic mass is 32.2.